The number of halogens is 2. The van der Waals surface area contributed by atoms with Crippen LogP contribution >= 0.6 is 31.9 Å². The molecule has 5 heteroatoms. The Morgan fingerprint density at radius 2 is 1.63 bits per heavy atom. The maximum absolute atomic E-state index is 12.1. The van der Waals surface area contributed by atoms with Crippen molar-refractivity contribution >= 4 is 43.5 Å². The lowest BCUT2D eigenvalue weighted by Gasteiger charge is -2.06. The van der Waals surface area contributed by atoms with E-state index in [1.54, 1.807) is 36.4 Å². The molecule has 0 aliphatic carbocycles. The summed E-state index contributed by atoms with van der Waals surface area (Å²) in [5.41, 5.74) is 1.76. The van der Waals surface area contributed by atoms with E-state index in [2.05, 4.69) is 37.2 Å². The van der Waals surface area contributed by atoms with Gasteiger partial charge in [0.15, 0.2) is 0 Å². The van der Waals surface area contributed by atoms with Crippen molar-refractivity contribution in [1.29, 1.82) is 5.26 Å². The molecule has 0 bridgehead atoms. The Hall–Kier alpha value is -1.64. The van der Waals surface area contributed by atoms with E-state index < -0.39 is 0 Å². The third-order valence-electron chi connectivity index (χ3n) is 2.40. The van der Waals surface area contributed by atoms with Crippen molar-refractivity contribution in [2.75, 3.05) is 5.32 Å². The van der Waals surface area contributed by atoms with Gasteiger partial charge < -0.3 is 5.32 Å². The minimum atomic E-state index is -0.202. The zero-order valence-electron chi connectivity index (χ0n) is 9.65. The summed E-state index contributed by atoms with van der Waals surface area (Å²) < 4.78 is 1.65. The van der Waals surface area contributed by atoms with Gasteiger partial charge in [-0.3, -0.25) is 4.79 Å². The summed E-state index contributed by atoms with van der Waals surface area (Å²) >= 11 is 6.68. The first-order chi connectivity index (χ1) is 9.08. The standard InChI is InChI=1S/C14H8Br2N2O/c15-11-5-10(6-12(16)7-11)14(19)18-13-3-1-9(8-17)2-4-13/h1-7H,(H,18,19). The van der Waals surface area contributed by atoms with E-state index >= 15 is 0 Å². The summed E-state index contributed by atoms with van der Waals surface area (Å²) in [5, 5.41) is 11.5. The predicted molar refractivity (Wildman–Crippen MR) is 81.0 cm³/mol. The number of nitriles is 1. The van der Waals surface area contributed by atoms with E-state index in [-0.39, 0.29) is 5.91 Å². The van der Waals surface area contributed by atoms with Gasteiger partial charge in [0.2, 0.25) is 0 Å². The van der Waals surface area contributed by atoms with Crippen LogP contribution in [0.5, 0.6) is 0 Å². The Morgan fingerprint density at radius 3 is 2.16 bits per heavy atom. The van der Waals surface area contributed by atoms with Crippen molar-refractivity contribution in [1.82, 2.24) is 0 Å². The van der Waals surface area contributed by atoms with Crippen molar-refractivity contribution in [3.63, 3.8) is 0 Å². The topological polar surface area (TPSA) is 52.9 Å². The Balaban J connectivity index is 2.18. The van der Waals surface area contributed by atoms with Gasteiger partial charge in [-0.2, -0.15) is 5.26 Å². The first-order valence-corrected chi connectivity index (χ1v) is 6.95. The summed E-state index contributed by atoms with van der Waals surface area (Å²) in [4.78, 5) is 12.1. The van der Waals surface area contributed by atoms with Crippen molar-refractivity contribution in [2.45, 2.75) is 0 Å². The normalized spacial score (nSPS) is 9.74. The van der Waals surface area contributed by atoms with Gasteiger partial charge >= 0.3 is 0 Å². The first-order valence-electron chi connectivity index (χ1n) is 5.36. The fourth-order valence-corrected chi connectivity index (χ4v) is 2.81. The van der Waals surface area contributed by atoms with E-state index in [0.717, 1.165) is 8.95 Å². The van der Waals surface area contributed by atoms with Crippen LogP contribution in [0.15, 0.2) is 51.4 Å². The fourth-order valence-electron chi connectivity index (χ4n) is 1.52. The molecule has 0 aliphatic rings. The van der Waals surface area contributed by atoms with Crippen molar-refractivity contribution in [3.05, 3.63) is 62.5 Å². The third-order valence-corrected chi connectivity index (χ3v) is 3.31. The van der Waals surface area contributed by atoms with E-state index in [0.29, 0.717) is 16.8 Å². The Kier molecular flexibility index (Phi) is 4.35. The highest BCUT2D eigenvalue weighted by molar-refractivity contribution is 9.11. The summed E-state index contributed by atoms with van der Waals surface area (Å²) in [7, 11) is 0. The van der Waals surface area contributed by atoms with E-state index in [4.69, 9.17) is 5.26 Å². The minimum Gasteiger partial charge on any atom is -0.322 e. The maximum atomic E-state index is 12.1. The molecule has 0 spiro atoms. The highest BCUT2D eigenvalue weighted by Gasteiger charge is 2.08. The Morgan fingerprint density at radius 1 is 1.05 bits per heavy atom. The molecule has 0 fully saturated rings. The summed E-state index contributed by atoms with van der Waals surface area (Å²) in [5.74, 6) is -0.202. The molecule has 19 heavy (non-hydrogen) atoms. The maximum Gasteiger partial charge on any atom is 0.255 e. The number of amides is 1. The Bertz CT molecular complexity index is 640. The van der Waals surface area contributed by atoms with Crippen LogP contribution in [-0.4, -0.2) is 5.91 Å². The van der Waals surface area contributed by atoms with Gasteiger partial charge in [-0.1, -0.05) is 31.9 Å². The van der Waals surface area contributed by atoms with Crippen LogP contribution in [-0.2, 0) is 0 Å². The van der Waals surface area contributed by atoms with Crippen LogP contribution in [0.25, 0.3) is 0 Å². The lowest BCUT2D eigenvalue weighted by molar-refractivity contribution is 0.102. The molecule has 0 aromatic heterocycles. The fraction of sp³-hybridized carbons (Fsp3) is 0. The number of hydrogen-bond donors (Lipinski definition) is 1. The number of benzene rings is 2. The lowest BCUT2D eigenvalue weighted by Crippen LogP contribution is -2.11. The largest absolute Gasteiger partial charge is 0.322 e. The summed E-state index contributed by atoms with van der Waals surface area (Å²) in [6, 6.07) is 14.1. The number of carbonyl (C=O) groups is 1. The van der Waals surface area contributed by atoms with Crippen LogP contribution in [0.1, 0.15) is 15.9 Å². The second kappa shape index (κ2) is 6.00. The molecule has 94 valence electrons. The molecule has 2 aromatic rings. The van der Waals surface area contributed by atoms with Gasteiger partial charge in [0.25, 0.3) is 5.91 Å². The van der Waals surface area contributed by atoms with Gasteiger partial charge in [-0.15, -0.1) is 0 Å². The van der Waals surface area contributed by atoms with Crippen LogP contribution in [0, 0.1) is 11.3 Å². The summed E-state index contributed by atoms with van der Waals surface area (Å²) in [6.45, 7) is 0. The molecular formula is C14H8Br2N2O. The van der Waals surface area contributed by atoms with Crippen molar-refractivity contribution in [3.8, 4) is 6.07 Å². The molecule has 0 saturated carbocycles. The zero-order chi connectivity index (χ0) is 13.8. The van der Waals surface area contributed by atoms with E-state index in [1.165, 1.54) is 0 Å². The SMILES string of the molecule is N#Cc1ccc(NC(=O)c2cc(Br)cc(Br)c2)cc1. The molecule has 1 amide bonds. The molecule has 0 heterocycles. The van der Waals surface area contributed by atoms with Crippen LogP contribution in [0.3, 0.4) is 0 Å². The van der Waals surface area contributed by atoms with Crippen LogP contribution < -0.4 is 5.32 Å². The predicted octanol–water partition coefficient (Wildman–Crippen LogP) is 4.34. The van der Waals surface area contributed by atoms with E-state index in [9.17, 15) is 4.79 Å². The third kappa shape index (κ3) is 3.66. The molecule has 0 aliphatic heterocycles. The number of nitrogens with zero attached hydrogens (tertiary/aromatic N) is 1. The number of hydrogen-bond acceptors (Lipinski definition) is 2. The number of anilines is 1. The van der Waals surface area contributed by atoms with E-state index in [1.807, 2.05) is 12.1 Å². The van der Waals surface area contributed by atoms with Crippen molar-refractivity contribution < 1.29 is 4.79 Å². The molecule has 2 rings (SSSR count). The van der Waals surface area contributed by atoms with Crippen molar-refractivity contribution in [2.24, 2.45) is 0 Å². The van der Waals surface area contributed by atoms with Gasteiger partial charge in [-0.25, -0.2) is 0 Å². The molecule has 0 saturated heterocycles. The minimum absolute atomic E-state index is 0.202. The number of carbonyl (C=O) groups excluding carboxylic acids is 1. The molecule has 0 radical (unpaired) electrons. The van der Waals surface area contributed by atoms with Gasteiger partial charge in [-0.05, 0) is 42.5 Å². The molecule has 3 nitrogen and oxygen atoms in total. The smallest absolute Gasteiger partial charge is 0.255 e. The van der Waals surface area contributed by atoms with Crippen LogP contribution in [0.2, 0.25) is 0 Å². The quantitative estimate of drug-likeness (QED) is 0.843. The second-order valence-electron chi connectivity index (χ2n) is 3.80. The highest BCUT2D eigenvalue weighted by Crippen LogP contribution is 2.21. The van der Waals surface area contributed by atoms with Gasteiger partial charge in [0.1, 0.15) is 0 Å². The monoisotopic (exact) mass is 378 g/mol. The average molecular weight is 380 g/mol. The summed E-state index contributed by atoms with van der Waals surface area (Å²) in [6.07, 6.45) is 0. The molecule has 1 N–H and O–H groups in total. The van der Waals surface area contributed by atoms with Crippen LogP contribution in [0.4, 0.5) is 5.69 Å². The zero-order valence-corrected chi connectivity index (χ0v) is 12.8. The lowest BCUT2D eigenvalue weighted by atomic mass is 10.2. The van der Waals surface area contributed by atoms with Gasteiger partial charge in [0, 0.05) is 20.2 Å². The molecule has 0 unspecified atom stereocenters. The van der Waals surface area contributed by atoms with Gasteiger partial charge in [0.05, 0.1) is 11.6 Å². The number of nitrogens with one attached hydrogen (secondary N) is 1. The molecule has 2 aromatic carbocycles. The Labute approximate surface area is 127 Å². The first kappa shape index (κ1) is 13.8. The average Bonchev–Trinajstić information content (AvgIpc) is 2.38. The number of rotatable bonds is 2. The molecule has 0 atom stereocenters. The second-order valence-corrected chi connectivity index (χ2v) is 5.63. The highest BCUT2D eigenvalue weighted by atomic mass is 79.9. The molecular weight excluding hydrogens is 372 g/mol.